The van der Waals surface area contributed by atoms with E-state index in [0.717, 1.165) is 0 Å². The van der Waals surface area contributed by atoms with E-state index >= 15 is 0 Å². The smallest absolute Gasteiger partial charge is 0.322 e. The van der Waals surface area contributed by atoms with E-state index in [1.807, 2.05) is 0 Å². The van der Waals surface area contributed by atoms with Gasteiger partial charge in [0.2, 0.25) is 5.82 Å². The molecule has 2 aliphatic rings. The van der Waals surface area contributed by atoms with Crippen LogP contribution in [0.3, 0.4) is 0 Å². The highest BCUT2D eigenvalue weighted by molar-refractivity contribution is 6.07. The number of carbonyl (C=O) groups excluding carboxylic acids is 3. The number of aryl methyl sites for hydroxylation is 1. The number of urea groups is 1. The van der Waals surface area contributed by atoms with Gasteiger partial charge >= 0.3 is 6.03 Å². The fraction of sp³-hybridized carbons (Fsp3) is 0.545. The molecular formula is C11H14N6O3. The van der Waals surface area contributed by atoms with Crippen LogP contribution in [0.2, 0.25) is 0 Å². The van der Waals surface area contributed by atoms with Gasteiger partial charge in [-0.15, -0.1) is 5.10 Å². The van der Waals surface area contributed by atoms with Crippen molar-refractivity contribution in [3.05, 3.63) is 11.6 Å². The molecule has 3 rings (SSSR count). The lowest BCUT2D eigenvalue weighted by atomic mass is 9.89. The molecule has 0 radical (unpaired) electrons. The molecule has 20 heavy (non-hydrogen) atoms. The first-order valence-electron chi connectivity index (χ1n) is 6.32. The van der Waals surface area contributed by atoms with Gasteiger partial charge in [0.05, 0.1) is 6.54 Å². The van der Waals surface area contributed by atoms with Crippen LogP contribution in [-0.4, -0.2) is 56.6 Å². The molecule has 0 aliphatic carbocycles. The van der Waals surface area contributed by atoms with Gasteiger partial charge < -0.3 is 10.2 Å². The zero-order chi connectivity index (χ0) is 14.3. The van der Waals surface area contributed by atoms with E-state index in [4.69, 9.17) is 0 Å². The Morgan fingerprint density at radius 2 is 2.20 bits per heavy atom. The average molecular weight is 278 g/mol. The molecule has 1 spiro atoms. The van der Waals surface area contributed by atoms with Crippen LogP contribution >= 0.6 is 0 Å². The molecule has 9 heteroatoms. The molecule has 1 aromatic rings. The van der Waals surface area contributed by atoms with Gasteiger partial charge in [0.15, 0.2) is 0 Å². The molecule has 1 atom stereocenters. The Balaban J connectivity index is 1.80. The standard InChI is InChI=1S/C11H14N6O3/c1-6-12-7(16-15-6)8(18)17-4-2-3-11(5-17)9(19)13-10(20)14-11/h2-5H2,1H3,(H,12,15,16)(H2,13,14,19,20). The van der Waals surface area contributed by atoms with Crippen LogP contribution in [0.15, 0.2) is 0 Å². The summed E-state index contributed by atoms with van der Waals surface area (Å²) in [5.41, 5.74) is -1.02. The number of hydrogen-bond donors (Lipinski definition) is 3. The van der Waals surface area contributed by atoms with Crippen LogP contribution in [0.5, 0.6) is 0 Å². The summed E-state index contributed by atoms with van der Waals surface area (Å²) in [6.07, 6.45) is 1.14. The first kappa shape index (κ1) is 12.6. The Hall–Kier alpha value is -2.45. The minimum Gasteiger partial charge on any atom is -0.333 e. The summed E-state index contributed by atoms with van der Waals surface area (Å²) in [6.45, 7) is 2.35. The van der Waals surface area contributed by atoms with Crippen LogP contribution in [0.25, 0.3) is 0 Å². The van der Waals surface area contributed by atoms with E-state index in [0.29, 0.717) is 25.2 Å². The Labute approximate surface area is 114 Å². The molecule has 3 N–H and O–H groups in total. The van der Waals surface area contributed by atoms with E-state index in [9.17, 15) is 14.4 Å². The van der Waals surface area contributed by atoms with Gasteiger partial charge in [-0.1, -0.05) is 0 Å². The SMILES string of the molecule is Cc1nc(C(=O)N2CCCC3(C2)NC(=O)NC3=O)n[nH]1. The molecule has 1 aromatic heterocycles. The Morgan fingerprint density at radius 3 is 2.80 bits per heavy atom. The number of hydrogen-bond acceptors (Lipinski definition) is 5. The topological polar surface area (TPSA) is 120 Å². The lowest BCUT2D eigenvalue weighted by Crippen LogP contribution is -2.59. The van der Waals surface area contributed by atoms with Gasteiger partial charge in [0.1, 0.15) is 11.4 Å². The van der Waals surface area contributed by atoms with E-state index in [2.05, 4.69) is 25.8 Å². The average Bonchev–Trinajstić information content (AvgIpc) is 2.94. The quantitative estimate of drug-likeness (QED) is 0.565. The maximum absolute atomic E-state index is 12.3. The van der Waals surface area contributed by atoms with Crippen molar-refractivity contribution in [3.8, 4) is 0 Å². The molecule has 2 fully saturated rings. The zero-order valence-electron chi connectivity index (χ0n) is 10.9. The summed E-state index contributed by atoms with van der Waals surface area (Å²) >= 11 is 0. The summed E-state index contributed by atoms with van der Waals surface area (Å²) < 4.78 is 0. The first-order chi connectivity index (χ1) is 9.50. The van der Waals surface area contributed by atoms with Crippen molar-refractivity contribution in [2.75, 3.05) is 13.1 Å². The molecule has 2 aliphatic heterocycles. The minimum atomic E-state index is -1.02. The predicted octanol–water partition coefficient (Wildman–Crippen LogP) is -1.07. The fourth-order valence-corrected chi connectivity index (χ4v) is 2.62. The molecule has 4 amide bonds. The summed E-state index contributed by atoms with van der Waals surface area (Å²) in [5.74, 6) is -0.107. The van der Waals surface area contributed by atoms with E-state index in [-0.39, 0.29) is 24.2 Å². The third-order valence-corrected chi connectivity index (χ3v) is 3.58. The van der Waals surface area contributed by atoms with Crippen LogP contribution in [0.1, 0.15) is 29.3 Å². The molecule has 0 saturated carbocycles. The first-order valence-corrected chi connectivity index (χ1v) is 6.32. The van der Waals surface area contributed by atoms with Crippen molar-refractivity contribution >= 4 is 17.8 Å². The van der Waals surface area contributed by atoms with Gasteiger partial charge in [-0.3, -0.25) is 20.0 Å². The van der Waals surface area contributed by atoms with Gasteiger partial charge in [0, 0.05) is 6.54 Å². The monoisotopic (exact) mass is 278 g/mol. The van der Waals surface area contributed by atoms with Gasteiger partial charge in [-0.25, -0.2) is 9.78 Å². The van der Waals surface area contributed by atoms with Crippen molar-refractivity contribution in [3.63, 3.8) is 0 Å². The molecule has 106 valence electrons. The molecule has 1 unspecified atom stereocenters. The zero-order valence-corrected chi connectivity index (χ0v) is 10.9. The molecule has 2 saturated heterocycles. The molecule has 0 bridgehead atoms. The lowest BCUT2D eigenvalue weighted by Gasteiger charge is -2.37. The van der Waals surface area contributed by atoms with E-state index < -0.39 is 11.6 Å². The Morgan fingerprint density at radius 1 is 1.40 bits per heavy atom. The number of nitrogens with zero attached hydrogens (tertiary/aromatic N) is 3. The van der Waals surface area contributed by atoms with Crippen LogP contribution in [-0.2, 0) is 4.79 Å². The number of carbonyl (C=O) groups is 3. The third kappa shape index (κ3) is 1.91. The van der Waals surface area contributed by atoms with Crippen molar-refractivity contribution in [1.29, 1.82) is 0 Å². The van der Waals surface area contributed by atoms with Gasteiger partial charge in [-0.05, 0) is 19.8 Å². The third-order valence-electron chi connectivity index (χ3n) is 3.58. The second kappa shape index (κ2) is 4.29. The normalized spacial score (nSPS) is 25.8. The molecule has 9 nitrogen and oxygen atoms in total. The van der Waals surface area contributed by atoms with Crippen LogP contribution in [0, 0.1) is 6.92 Å². The number of aromatic amines is 1. The highest BCUT2D eigenvalue weighted by Crippen LogP contribution is 2.25. The number of imide groups is 1. The number of piperidine rings is 1. The maximum Gasteiger partial charge on any atom is 0.322 e. The van der Waals surface area contributed by atoms with Crippen LogP contribution in [0.4, 0.5) is 4.79 Å². The lowest BCUT2D eigenvalue weighted by molar-refractivity contribution is -0.125. The summed E-state index contributed by atoms with van der Waals surface area (Å²) in [5, 5.41) is 11.3. The number of H-pyrrole nitrogens is 1. The fourth-order valence-electron chi connectivity index (χ4n) is 2.62. The van der Waals surface area contributed by atoms with E-state index in [1.54, 1.807) is 6.92 Å². The van der Waals surface area contributed by atoms with Crippen molar-refractivity contribution in [2.24, 2.45) is 0 Å². The van der Waals surface area contributed by atoms with E-state index in [1.165, 1.54) is 4.90 Å². The largest absolute Gasteiger partial charge is 0.333 e. The number of rotatable bonds is 1. The van der Waals surface area contributed by atoms with Crippen molar-refractivity contribution < 1.29 is 14.4 Å². The van der Waals surface area contributed by atoms with Crippen molar-refractivity contribution in [2.45, 2.75) is 25.3 Å². The van der Waals surface area contributed by atoms with Gasteiger partial charge in [0.25, 0.3) is 11.8 Å². The Kier molecular flexibility index (Phi) is 2.70. The van der Waals surface area contributed by atoms with Gasteiger partial charge in [-0.2, -0.15) is 0 Å². The molecule has 0 aromatic carbocycles. The maximum atomic E-state index is 12.3. The van der Waals surface area contributed by atoms with Crippen molar-refractivity contribution in [1.82, 2.24) is 30.7 Å². The Bertz CT molecular complexity index is 597. The number of nitrogens with one attached hydrogen (secondary N) is 3. The van der Waals surface area contributed by atoms with Crippen LogP contribution < -0.4 is 10.6 Å². The second-order valence-electron chi connectivity index (χ2n) is 5.07. The highest BCUT2D eigenvalue weighted by atomic mass is 16.2. The highest BCUT2D eigenvalue weighted by Gasteiger charge is 2.49. The summed E-state index contributed by atoms with van der Waals surface area (Å²) in [6, 6.07) is -0.516. The molecule has 3 heterocycles. The predicted molar refractivity (Wildman–Crippen MR) is 65.7 cm³/mol. The number of aromatic nitrogens is 3. The minimum absolute atomic E-state index is 0.0734. The molecular weight excluding hydrogens is 264 g/mol. The summed E-state index contributed by atoms with van der Waals surface area (Å²) in [7, 11) is 0. The number of amides is 4. The second-order valence-corrected chi connectivity index (χ2v) is 5.07. The summed E-state index contributed by atoms with van der Waals surface area (Å²) in [4.78, 5) is 41.0. The number of likely N-dealkylation sites (tertiary alicyclic amines) is 1.